The van der Waals surface area contributed by atoms with E-state index < -0.39 is 0 Å². The minimum Gasteiger partial charge on any atom is -0.314 e. The summed E-state index contributed by atoms with van der Waals surface area (Å²) in [5.41, 5.74) is 1.33. The molecule has 1 aromatic rings. The Morgan fingerprint density at radius 2 is 1.89 bits per heavy atom. The van der Waals surface area contributed by atoms with Crippen LogP contribution in [0.1, 0.15) is 39.2 Å². The highest BCUT2D eigenvalue weighted by molar-refractivity contribution is 5.32. The van der Waals surface area contributed by atoms with Gasteiger partial charge in [-0.2, -0.15) is 0 Å². The number of non-ortho nitro benzene ring substituents is 1. The van der Waals surface area contributed by atoms with Gasteiger partial charge in [-0.3, -0.25) is 10.1 Å². The SMILES string of the molecule is CCNC(CC)C(C)CCc1ccc([N+](=O)[O-])cc1. The van der Waals surface area contributed by atoms with Crippen molar-refractivity contribution in [3.05, 3.63) is 39.9 Å². The minimum absolute atomic E-state index is 0.163. The highest BCUT2D eigenvalue weighted by atomic mass is 16.6. The van der Waals surface area contributed by atoms with E-state index in [0.29, 0.717) is 12.0 Å². The fourth-order valence-corrected chi connectivity index (χ4v) is 2.39. The zero-order valence-electron chi connectivity index (χ0n) is 12.1. The molecule has 0 amide bonds. The predicted molar refractivity (Wildman–Crippen MR) is 78.3 cm³/mol. The van der Waals surface area contributed by atoms with E-state index in [1.165, 1.54) is 5.56 Å². The summed E-state index contributed by atoms with van der Waals surface area (Å²) < 4.78 is 0. The molecule has 0 bridgehead atoms. The molecule has 0 aliphatic rings. The first-order valence-electron chi connectivity index (χ1n) is 7.05. The third-order valence-electron chi connectivity index (χ3n) is 3.63. The molecule has 0 heterocycles. The molecule has 0 spiro atoms. The second-order valence-electron chi connectivity index (χ2n) is 5.01. The van der Waals surface area contributed by atoms with Gasteiger partial charge in [0.1, 0.15) is 0 Å². The fourth-order valence-electron chi connectivity index (χ4n) is 2.39. The van der Waals surface area contributed by atoms with Crippen molar-refractivity contribution in [3.63, 3.8) is 0 Å². The first-order valence-corrected chi connectivity index (χ1v) is 7.05. The molecule has 0 saturated carbocycles. The van der Waals surface area contributed by atoms with Crippen molar-refractivity contribution in [1.29, 1.82) is 0 Å². The second-order valence-corrected chi connectivity index (χ2v) is 5.01. The van der Waals surface area contributed by atoms with Gasteiger partial charge in [0, 0.05) is 18.2 Å². The number of nitro benzene ring substituents is 1. The molecule has 2 atom stereocenters. The Morgan fingerprint density at radius 3 is 2.37 bits per heavy atom. The van der Waals surface area contributed by atoms with Gasteiger partial charge in [-0.25, -0.2) is 0 Å². The summed E-state index contributed by atoms with van der Waals surface area (Å²) in [6.45, 7) is 7.60. The second kappa shape index (κ2) is 7.89. The normalized spacial score (nSPS) is 14.1. The van der Waals surface area contributed by atoms with E-state index in [1.54, 1.807) is 12.1 Å². The van der Waals surface area contributed by atoms with Gasteiger partial charge in [0.05, 0.1) is 4.92 Å². The van der Waals surface area contributed by atoms with Crippen LogP contribution in [0.5, 0.6) is 0 Å². The maximum atomic E-state index is 10.6. The molecule has 4 nitrogen and oxygen atoms in total. The fraction of sp³-hybridized carbons (Fsp3) is 0.600. The Morgan fingerprint density at radius 1 is 1.26 bits per heavy atom. The van der Waals surface area contributed by atoms with Crippen LogP contribution in [0.15, 0.2) is 24.3 Å². The molecular weight excluding hydrogens is 240 g/mol. The molecular formula is C15H24N2O2. The molecule has 4 heteroatoms. The molecule has 2 unspecified atom stereocenters. The standard InChI is InChI=1S/C15H24N2O2/c1-4-15(16-5-2)12(3)6-7-13-8-10-14(11-9-13)17(18)19/h8-12,15-16H,4-7H2,1-3H3. The number of nitrogens with zero attached hydrogens (tertiary/aromatic N) is 1. The van der Waals surface area contributed by atoms with Crippen LogP contribution >= 0.6 is 0 Å². The van der Waals surface area contributed by atoms with Crippen molar-refractivity contribution in [3.8, 4) is 0 Å². The topological polar surface area (TPSA) is 55.2 Å². The molecule has 0 radical (unpaired) electrons. The van der Waals surface area contributed by atoms with Crippen LogP contribution in [0.3, 0.4) is 0 Å². The lowest BCUT2D eigenvalue weighted by Crippen LogP contribution is -2.34. The lowest BCUT2D eigenvalue weighted by atomic mass is 9.92. The highest BCUT2D eigenvalue weighted by Crippen LogP contribution is 2.17. The predicted octanol–water partition coefficient (Wildman–Crippen LogP) is 3.55. The van der Waals surface area contributed by atoms with Crippen molar-refractivity contribution < 1.29 is 4.92 Å². The third-order valence-corrected chi connectivity index (χ3v) is 3.63. The van der Waals surface area contributed by atoms with Crippen molar-refractivity contribution in [2.45, 2.75) is 46.1 Å². The van der Waals surface area contributed by atoms with E-state index in [0.717, 1.165) is 25.8 Å². The van der Waals surface area contributed by atoms with Crippen LogP contribution < -0.4 is 5.32 Å². The summed E-state index contributed by atoms with van der Waals surface area (Å²) in [5.74, 6) is 0.611. The van der Waals surface area contributed by atoms with E-state index >= 15 is 0 Å². The van der Waals surface area contributed by atoms with E-state index in [2.05, 4.69) is 26.1 Å². The van der Waals surface area contributed by atoms with Gasteiger partial charge in [-0.15, -0.1) is 0 Å². The van der Waals surface area contributed by atoms with Crippen LogP contribution in [0.25, 0.3) is 0 Å². The van der Waals surface area contributed by atoms with Crippen molar-refractivity contribution in [2.24, 2.45) is 5.92 Å². The molecule has 1 N–H and O–H groups in total. The van der Waals surface area contributed by atoms with Gasteiger partial charge in [0.2, 0.25) is 0 Å². The van der Waals surface area contributed by atoms with E-state index in [-0.39, 0.29) is 10.6 Å². The molecule has 19 heavy (non-hydrogen) atoms. The Hall–Kier alpha value is -1.42. The van der Waals surface area contributed by atoms with Gasteiger partial charge in [-0.1, -0.05) is 32.9 Å². The third kappa shape index (κ3) is 4.99. The number of benzene rings is 1. The minimum atomic E-state index is -0.356. The Labute approximate surface area is 115 Å². The number of nitrogens with one attached hydrogen (secondary N) is 1. The Kier molecular flexibility index (Phi) is 6.50. The molecule has 1 aromatic carbocycles. The molecule has 106 valence electrons. The lowest BCUT2D eigenvalue weighted by Gasteiger charge is -2.23. The van der Waals surface area contributed by atoms with Crippen molar-refractivity contribution in [1.82, 2.24) is 5.32 Å². The molecule has 0 aliphatic heterocycles. The number of nitro groups is 1. The first-order chi connectivity index (χ1) is 9.08. The number of hydrogen-bond acceptors (Lipinski definition) is 3. The zero-order valence-corrected chi connectivity index (χ0v) is 12.1. The van der Waals surface area contributed by atoms with Crippen LogP contribution in [-0.2, 0) is 6.42 Å². The average Bonchev–Trinajstić information content (AvgIpc) is 2.42. The van der Waals surface area contributed by atoms with Crippen LogP contribution in [-0.4, -0.2) is 17.5 Å². The summed E-state index contributed by atoms with van der Waals surface area (Å²) in [4.78, 5) is 10.2. The van der Waals surface area contributed by atoms with Crippen molar-refractivity contribution in [2.75, 3.05) is 6.54 Å². The maximum Gasteiger partial charge on any atom is 0.269 e. The number of hydrogen-bond donors (Lipinski definition) is 1. The van der Waals surface area contributed by atoms with Crippen molar-refractivity contribution >= 4 is 5.69 Å². The summed E-state index contributed by atoms with van der Waals surface area (Å²) in [7, 11) is 0. The van der Waals surface area contributed by atoms with E-state index in [1.807, 2.05) is 12.1 Å². The van der Waals surface area contributed by atoms with Gasteiger partial charge in [-0.05, 0) is 37.3 Å². The average molecular weight is 264 g/mol. The monoisotopic (exact) mass is 264 g/mol. The van der Waals surface area contributed by atoms with Gasteiger partial charge in [0.25, 0.3) is 5.69 Å². The molecule has 0 aliphatic carbocycles. The molecule has 0 fully saturated rings. The molecule has 1 rings (SSSR count). The lowest BCUT2D eigenvalue weighted by molar-refractivity contribution is -0.384. The Bertz CT molecular complexity index is 390. The van der Waals surface area contributed by atoms with E-state index in [4.69, 9.17) is 0 Å². The van der Waals surface area contributed by atoms with Crippen LogP contribution in [0.4, 0.5) is 5.69 Å². The molecule has 0 aromatic heterocycles. The first kappa shape index (κ1) is 15.6. The zero-order chi connectivity index (χ0) is 14.3. The summed E-state index contributed by atoms with van der Waals surface area (Å²) in [6.07, 6.45) is 3.21. The summed E-state index contributed by atoms with van der Waals surface area (Å²) in [6, 6.07) is 7.45. The number of rotatable bonds is 8. The summed E-state index contributed by atoms with van der Waals surface area (Å²) >= 11 is 0. The van der Waals surface area contributed by atoms with E-state index in [9.17, 15) is 10.1 Å². The Balaban J connectivity index is 2.49. The van der Waals surface area contributed by atoms with Gasteiger partial charge >= 0.3 is 0 Å². The largest absolute Gasteiger partial charge is 0.314 e. The summed E-state index contributed by atoms with van der Waals surface area (Å²) in [5, 5.41) is 14.1. The van der Waals surface area contributed by atoms with Crippen LogP contribution in [0.2, 0.25) is 0 Å². The van der Waals surface area contributed by atoms with Gasteiger partial charge < -0.3 is 5.32 Å². The van der Waals surface area contributed by atoms with Gasteiger partial charge in [0.15, 0.2) is 0 Å². The van der Waals surface area contributed by atoms with Crippen LogP contribution in [0, 0.1) is 16.0 Å². The number of aryl methyl sites for hydroxylation is 1. The smallest absolute Gasteiger partial charge is 0.269 e. The highest BCUT2D eigenvalue weighted by Gasteiger charge is 2.14. The maximum absolute atomic E-state index is 10.6. The molecule has 0 saturated heterocycles. The quantitative estimate of drug-likeness (QED) is 0.577.